The maximum atomic E-state index is 11.9. The van der Waals surface area contributed by atoms with E-state index in [4.69, 9.17) is 5.73 Å². The summed E-state index contributed by atoms with van der Waals surface area (Å²) >= 11 is 0. The van der Waals surface area contributed by atoms with Gasteiger partial charge in [0.1, 0.15) is 5.69 Å². The molecule has 1 amide bonds. The van der Waals surface area contributed by atoms with E-state index in [-0.39, 0.29) is 5.91 Å². The number of benzene rings is 1. The molecule has 0 spiro atoms. The van der Waals surface area contributed by atoms with Crippen LogP contribution in [0.2, 0.25) is 0 Å². The van der Waals surface area contributed by atoms with Crippen LogP contribution in [0.15, 0.2) is 30.5 Å². The molecule has 0 atom stereocenters. The highest BCUT2D eigenvalue weighted by Gasteiger charge is 2.14. The minimum atomic E-state index is -0.445. The molecule has 0 aliphatic carbocycles. The number of nitrogens with one attached hydrogen (secondary N) is 1. The van der Waals surface area contributed by atoms with Gasteiger partial charge in [-0.15, -0.1) is 0 Å². The second-order valence-corrected chi connectivity index (χ2v) is 4.92. The number of aromatic nitrogens is 2. The fraction of sp³-hybridized carbons (Fsp3) is 0.308. The molecule has 1 aromatic heterocycles. The first-order chi connectivity index (χ1) is 8.46. The number of carbonyl (C=O) groups excluding carboxylic acids is 1. The van der Waals surface area contributed by atoms with Crippen molar-refractivity contribution in [2.24, 2.45) is 5.73 Å². The minimum absolute atomic E-state index is 0.258. The number of nitrogens with two attached hydrogens (primary N) is 1. The van der Waals surface area contributed by atoms with Crippen LogP contribution < -0.4 is 11.1 Å². The molecule has 3 N–H and O–H groups in total. The molecule has 0 saturated carbocycles. The van der Waals surface area contributed by atoms with Crippen LogP contribution in [0.4, 0.5) is 0 Å². The monoisotopic (exact) mass is 244 g/mol. The highest BCUT2D eigenvalue weighted by molar-refractivity contribution is 5.93. The summed E-state index contributed by atoms with van der Waals surface area (Å²) in [5, 5.41) is 2.74. The number of rotatable bonds is 3. The fourth-order valence-electron chi connectivity index (χ4n) is 1.47. The van der Waals surface area contributed by atoms with Crippen LogP contribution in [-0.4, -0.2) is 28.0 Å². The third-order valence-electron chi connectivity index (χ3n) is 2.39. The summed E-state index contributed by atoms with van der Waals surface area (Å²) in [4.78, 5) is 20.3. The Morgan fingerprint density at radius 3 is 2.67 bits per heavy atom. The van der Waals surface area contributed by atoms with Gasteiger partial charge in [0.15, 0.2) is 0 Å². The lowest BCUT2D eigenvalue weighted by Gasteiger charge is -2.18. The molecule has 0 aliphatic rings. The lowest BCUT2D eigenvalue weighted by Crippen LogP contribution is -2.45. The Labute approximate surface area is 105 Å². The number of hydrogen-bond donors (Lipinski definition) is 2. The smallest absolute Gasteiger partial charge is 0.271 e. The van der Waals surface area contributed by atoms with Crippen molar-refractivity contribution in [2.45, 2.75) is 19.4 Å². The highest BCUT2D eigenvalue weighted by atomic mass is 16.1. The third kappa shape index (κ3) is 3.01. The molecule has 0 unspecified atom stereocenters. The van der Waals surface area contributed by atoms with Crippen LogP contribution in [-0.2, 0) is 0 Å². The maximum absolute atomic E-state index is 11.9. The van der Waals surface area contributed by atoms with E-state index in [0.717, 1.165) is 5.52 Å². The van der Waals surface area contributed by atoms with Crippen molar-refractivity contribution in [2.75, 3.05) is 6.54 Å². The predicted octanol–water partition coefficient (Wildman–Crippen LogP) is 1.10. The molecule has 0 bridgehead atoms. The molecular weight excluding hydrogens is 228 g/mol. The Bertz CT molecular complexity index is 574. The van der Waals surface area contributed by atoms with Gasteiger partial charge < -0.3 is 11.1 Å². The molecule has 2 rings (SSSR count). The normalized spacial score (nSPS) is 11.5. The van der Waals surface area contributed by atoms with Crippen LogP contribution in [0.5, 0.6) is 0 Å². The zero-order valence-electron chi connectivity index (χ0n) is 10.5. The molecular formula is C13H16N4O. The van der Waals surface area contributed by atoms with Gasteiger partial charge >= 0.3 is 0 Å². The third-order valence-corrected chi connectivity index (χ3v) is 2.39. The molecule has 5 nitrogen and oxygen atoms in total. The summed E-state index contributed by atoms with van der Waals surface area (Å²) in [6.07, 6.45) is 1.47. The van der Waals surface area contributed by atoms with Gasteiger partial charge in [0.05, 0.1) is 17.2 Å². The topological polar surface area (TPSA) is 80.9 Å². The Morgan fingerprint density at radius 2 is 2.00 bits per heavy atom. The van der Waals surface area contributed by atoms with Crippen LogP contribution in [0.25, 0.3) is 11.0 Å². The lowest BCUT2D eigenvalue weighted by molar-refractivity contribution is 0.0941. The van der Waals surface area contributed by atoms with Crippen molar-refractivity contribution in [3.63, 3.8) is 0 Å². The summed E-state index contributed by atoms with van der Waals surface area (Å²) in [7, 11) is 0. The van der Waals surface area contributed by atoms with Crippen LogP contribution in [0.1, 0.15) is 24.3 Å². The van der Waals surface area contributed by atoms with Crippen molar-refractivity contribution < 1.29 is 4.79 Å². The summed E-state index contributed by atoms with van der Waals surface area (Å²) in [6, 6.07) is 7.42. The molecule has 94 valence electrons. The first-order valence-electron chi connectivity index (χ1n) is 5.74. The SMILES string of the molecule is CC(C)(N)CNC(=O)c1cnc2ccccc2n1. The van der Waals surface area contributed by atoms with Gasteiger partial charge in [0.25, 0.3) is 5.91 Å². The number of hydrogen-bond acceptors (Lipinski definition) is 4. The number of fused-ring (bicyclic) bond motifs is 1. The van der Waals surface area contributed by atoms with Gasteiger partial charge in [-0.1, -0.05) is 12.1 Å². The van der Waals surface area contributed by atoms with Crippen molar-refractivity contribution in [1.29, 1.82) is 0 Å². The average Bonchev–Trinajstić information content (AvgIpc) is 2.34. The van der Waals surface area contributed by atoms with Crippen LogP contribution in [0.3, 0.4) is 0 Å². The van der Waals surface area contributed by atoms with E-state index in [2.05, 4.69) is 15.3 Å². The van der Waals surface area contributed by atoms with E-state index in [9.17, 15) is 4.79 Å². The van der Waals surface area contributed by atoms with Gasteiger partial charge in [0.2, 0.25) is 0 Å². The molecule has 1 aromatic carbocycles. The van der Waals surface area contributed by atoms with Gasteiger partial charge in [-0.2, -0.15) is 0 Å². The molecule has 0 aliphatic heterocycles. The number of para-hydroxylation sites is 2. The van der Waals surface area contributed by atoms with Crippen LogP contribution >= 0.6 is 0 Å². The first-order valence-corrected chi connectivity index (χ1v) is 5.74. The summed E-state index contributed by atoms with van der Waals surface area (Å²) < 4.78 is 0. The zero-order chi connectivity index (χ0) is 13.2. The zero-order valence-corrected chi connectivity index (χ0v) is 10.5. The summed E-state index contributed by atoms with van der Waals surface area (Å²) in [5.41, 5.74) is 7.14. The number of amides is 1. The number of nitrogens with zero attached hydrogens (tertiary/aromatic N) is 2. The standard InChI is InChI=1S/C13H16N4O/c1-13(2,14)8-16-12(18)11-7-15-9-5-3-4-6-10(9)17-11/h3-7H,8,14H2,1-2H3,(H,16,18). The van der Waals surface area contributed by atoms with Crippen molar-refractivity contribution in [3.8, 4) is 0 Å². The van der Waals surface area contributed by atoms with E-state index in [1.807, 2.05) is 38.1 Å². The highest BCUT2D eigenvalue weighted by Crippen LogP contribution is 2.08. The van der Waals surface area contributed by atoms with Crippen LogP contribution in [0, 0.1) is 0 Å². The summed E-state index contributed by atoms with van der Waals surface area (Å²) in [5.74, 6) is -0.258. The fourth-order valence-corrected chi connectivity index (χ4v) is 1.47. The lowest BCUT2D eigenvalue weighted by atomic mass is 10.1. The Balaban J connectivity index is 2.18. The maximum Gasteiger partial charge on any atom is 0.271 e. The van der Waals surface area contributed by atoms with Crippen molar-refractivity contribution in [1.82, 2.24) is 15.3 Å². The van der Waals surface area contributed by atoms with E-state index >= 15 is 0 Å². The molecule has 0 radical (unpaired) electrons. The second kappa shape index (κ2) is 4.70. The molecule has 2 aromatic rings. The van der Waals surface area contributed by atoms with Gasteiger partial charge in [-0.3, -0.25) is 9.78 Å². The molecule has 18 heavy (non-hydrogen) atoms. The van der Waals surface area contributed by atoms with Crippen molar-refractivity contribution >= 4 is 16.9 Å². The molecule has 5 heteroatoms. The van der Waals surface area contributed by atoms with E-state index < -0.39 is 5.54 Å². The van der Waals surface area contributed by atoms with E-state index in [1.54, 1.807) is 0 Å². The Morgan fingerprint density at radius 1 is 1.33 bits per heavy atom. The first kappa shape index (κ1) is 12.4. The minimum Gasteiger partial charge on any atom is -0.349 e. The van der Waals surface area contributed by atoms with Gasteiger partial charge in [-0.25, -0.2) is 4.98 Å². The van der Waals surface area contributed by atoms with Gasteiger partial charge in [-0.05, 0) is 26.0 Å². The van der Waals surface area contributed by atoms with Gasteiger partial charge in [0, 0.05) is 12.1 Å². The predicted molar refractivity (Wildman–Crippen MR) is 70.1 cm³/mol. The Hall–Kier alpha value is -2.01. The molecule has 0 saturated heterocycles. The van der Waals surface area contributed by atoms with E-state index in [0.29, 0.717) is 17.8 Å². The number of carbonyl (C=O) groups is 1. The van der Waals surface area contributed by atoms with Crippen molar-refractivity contribution in [3.05, 3.63) is 36.2 Å². The van der Waals surface area contributed by atoms with E-state index in [1.165, 1.54) is 6.20 Å². The second-order valence-electron chi connectivity index (χ2n) is 4.92. The molecule has 0 fully saturated rings. The largest absolute Gasteiger partial charge is 0.349 e. The quantitative estimate of drug-likeness (QED) is 0.847. The molecule has 1 heterocycles. The average molecular weight is 244 g/mol. The Kier molecular flexibility index (Phi) is 3.25. The summed E-state index contributed by atoms with van der Waals surface area (Å²) in [6.45, 7) is 4.08.